The summed E-state index contributed by atoms with van der Waals surface area (Å²) in [7, 11) is -3.65. The van der Waals surface area contributed by atoms with Crippen molar-refractivity contribution >= 4 is 21.5 Å². The molecule has 0 saturated carbocycles. The fraction of sp³-hybridized carbons (Fsp3) is 0.0370. The van der Waals surface area contributed by atoms with Crippen LogP contribution in [-0.4, -0.2) is 23.2 Å². The van der Waals surface area contributed by atoms with Crippen molar-refractivity contribution in [1.82, 2.24) is 14.8 Å². The highest BCUT2D eigenvalue weighted by Crippen LogP contribution is 2.27. The van der Waals surface area contributed by atoms with Gasteiger partial charge < -0.3 is 5.32 Å². The maximum atomic E-state index is 13.2. The molecule has 1 N–H and O–H groups in total. The molecule has 0 fully saturated rings. The molecule has 5 rings (SSSR count). The van der Waals surface area contributed by atoms with E-state index >= 15 is 0 Å². The summed E-state index contributed by atoms with van der Waals surface area (Å²) in [5, 5.41) is 7.79. The van der Waals surface area contributed by atoms with Gasteiger partial charge in [0.1, 0.15) is 11.6 Å². The molecule has 168 valence electrons. The molecule has 0 aliphatic carbocycles. The first-order valence-corrected chi connectivity index (χ1v) is 12.2. The minimum atomic E-state index is -3.65. The maximum absolute atomic E-state index is 13.2. The summed E-state index contributed by atoms with van der Waals surface area (Å²) in [5.41, 5.74) is 3.58. The zero-order valence-electron chi connectivity index (χ0n) is 18.5. The highest BCUT2D eigenvalue weighted by molar-refractivity contribution is 7.91. The molecule has 0 saturated heterocycles. The first-order valence-electron chi connectivity index (χ1n) is 10.8. The summed E-state index contributed by atoms with van der Waals surface area (Å²) in [4.78, 5) is 4.78. The fourth-order valence-corrected chi connectivity index (χ4v) is 4.97. The van der Waals surface area contributed by atoms with E-state index in [1.54, 1.807) is 47.3 Å². The van der Waals surface area contributed by atoms with Gasteiger partial charge >= 0.3 is 0 Å². The Hall–Kier alpha value is -4.23. The largest absolute Gasteiger partial charge is 0.325 e. The van der Waals surface area contributed by atoms with Gasteiger partial charge in [0.2, 0.25) is 9.84 Å². The van der Waals surface area contributed by atoms with Crippen LogP contribution >= 0.6 is 0 Å². The molecule has 0 atom stereocenters. The molecule has 0 amide bonds. The average molecular weight is 467 g/mol. The number of rotatable bonds is 6. The van der Waals surface area contributed by atoms with E-state index in [1.165, 1.54) is 0 Å². The summed E-state index contributed by atoms with van der Waals surface area (Å²) >= 11 is 0. The van der Waals surface area contributed by atoms with Crippen molar-refractivity contribution in [2.75, 3.05) is 5.32 Å². The molecule has 5 aromatic rings. The second-order valence-corrected chi connectivity index (χ2v) is 9.76. The van der Waals surface area contributed by atoms with E-state index in [9.17, 15) is 8.42 Å². The quantitative estimate of drug-likeness (QED) is 0.341. The third-order valence-corrected chi connectivity index (χ3v) is 7.20. The summed E-state index contributed by atoms with van der Waals surface area (Å²) in [6.45, 7) is 1.90. The lowest BCUT2D eigenvalue weighted by Crippen LogP contribution is -2.05. The van der Waals surface area contributed by atoms with Crippen LogP contribution in [-0.2, 0) is 9.84 Å². The molecule has 0 aliphatic rings. The number of aromatic nitrogens is 3. The lowest BCUT2D eigenvalue weighted by atomic mass is 10.1. The van der Waals surface area contributed by atoms with Crippen LogP contribution in [0.1, 0.15) is 5.69 Å². The minimum Gasteiger partial charge on any atom is -0.325 e. The zero-order chi connectivity index (χ0) is 23.5. The molecule has 0 spiro atoms. The van der Waals surface area contributed by atoms with E-state index in [-0.39, 0.29) is 9.79 Å². The summed E-state index contributed by atoms with van der Waals surface area (Å²) in [6, 6.07) is 31.1. The van der Waals surface area contributed by atoms with Gasteiger partial charge in [0.15, 0.2) is 0 Å². The van der Waals surface area contributed by atoms with Crippen molar-refractivity contribution in [2.45, 2.75) is 16.7 Å². The SMILES string of the molecule is Cc1cc(Nc2ccccn2)n(-c2ccc(S(=O)(=O)c3ccc(-c4ccccc4)cc3)cc2)n1. The number of hydrogen-bond acceptors (Lipinski definition) is 5. The van der Waals surface area contributed by atoms with Crippen molar-refractivity contribution < 1.29 is 8.42 Å². The van der Waals surface area contributed by atoms with Crippen molar-refractivity contribution in [3.63, 3.8) is 0 Å². The monoisotopic (exact) mass is 466 g/mol. The van der Waals surface area contributed by atoms with Gasteiger partial charge in [0.25, 0.3) is 0 Å². The van der Waals surface area contributed by atoms with Crippen LogP contribution in [0.2, 0.25) is 0 Å². The highest BCUT2D eigenvalue weighted by Gasteiger charge is 2.18. The Balaban J connectivity index is 1.41. The Labute approximate surface area is 198 Å². The fourth-order valence-electron chi connectivity index (χ4n) is 3.71. The smallest absolute Gasteiger partial charge is 0.206 e. The maximum Gasteiger partial charge on any atom is 0.206 e. The molecule has 2 heterocycles. The van der Waals surface area contributed by atoms with E-state index in [0.29, 0.717) is 5.82 Å². The third-order valence-electron chi connectivity index (χ3n) is 5.42. The van der Waals surface area contributed by atoms with Gasteiger partial charge in [-0.1, -0.05) is 48.5 Å². The normalized spacial score (nSPS) is 11.3. The van der Waals surface area contributed by atoms with Gasteiger partial charge in [-0.2, -0.15) is 5.10 Å². The molecule has 6 nitrogen and oxygen atoms in total. The number of nitrogens with one attached hydrogen (secondary N) is 1. The predicted molar refractivity (Wildman–Crippen MR) is 133 cm³/mol. The Bertz CT molecular complexity index is 1510. The predicted octanol–water partition coefficient (Wildman–Crippen LogP) is 5.82. The first-order chi connectivity index (χ1) is 16.5. The molecular formula is C27H22N4O2S. The number of sulfone groups is 1. The number of anilines is 2. The third kappa shape index (κ3) is 4.33. The van der Waals surface area contributed by atoms with Crippen LogP contribution in [0.5, 0.6) is 0 Å². The van der Waals surface area contributed by atoms with Crippen molar-refractivity contribution in [3.05, 3.63) is 115 Å². The zero-order valence-corrected chi connectivity index (χ0v) is 19.3. The summed E-state index contributed by atoms with van der Waals surface area (Å²) < 4.78 is 28.1. The molecular weight excluding hydrogens is 444 g/mol. The molecule has 3 aromatic carbocycles. The average Bonchev–Trinajstić information content (AvgIpc) is 3.25. The molecule has 0 bridgehead atoms. The first kappa shape index (κ1) is 21.6. The highest BCUT2D eigenvalue weighted by atomic mass is 32.2. The van der Waals surface area contributed by atoms with Crippen molar-refractivity contribution in [1.29, 1.82) is 0 Å². The van der Waals surface area contributed by atoms with E-state index in [2.05, 4.69) is 15.4 Å². The van der Waals surface area contributed by atoms with Crippen molar-refractivity contribution in [3.8, 4) is 16.8 Å². The second kappa shape index (κ2) is 8.96. The van der Waals surface area contributed by atoms with Crippen LogP contribution in [0.3, 0.4) is 0 Å². The standard InChI is InChI=1S/C27H22N4O2S/c1-20-19-27(29-26-9-5-6-18-28-26)31(30-20)23-12-16-25(17-13-23)34(32,33)24-14-10-22(11-15-24)21-7-3-2-4-8-21/h2-19H,1H3,(H,28,29). The molecule has 2 aromatic heterocycles. The Morgan fingerprint density at radius 1 is 0.735 bits per heavy atom. The van der Waals surface area contributed by atoms with E-state index in [0.717, 1.165) is 28.3 Å². The number of aryl methyl sites for hydroxylation is 1. The topological polar surface area (TPSA) is 76.9 Å². The van der Waals surface area contributed by atoms with Gasteiger partial charge in [0.05, 0.1) is 21.2 Å². The van der Waals surface area contributed by atoms with Gasteiger partial charge in [-0.15, -0.1) is 0 Å². The van der Waals surface area contributed by atoms with E-state index < -0.39 is 9.84 Å². The number of nitrogens with zero attached hydrogens (tertiary/aromatic N) is 3. The molecule has 0 radical (unpaired) electrons. The lowest BCUT2D eigenvalue weighted by molar-refractivity contribution is 0.596. The lowest BCUT2D eigenvalue weighted by Gasteiger charge is -2.11. The van der Waals surface area contributed by atoms with Crippen LogP contribution in [0, 0.1) is 6.92 Å². The van der Waals surface area contributed by atoms with Crippen LogP contribution in [0.15, 0.2) is 119 Å². The van der Waals surface area contributed by atoms with Crippen LogP contribution < -0.4 is 5.32 Å². The second-order valence-electron chi connectivity index (χ2n) is 7.81. The molecule has 34 heavy (non-hydrogen) atoms. The Morgan fingerprint density at radius 3 is 2.00 bits per heavy atom. The summed E-state index contributed by atoms with van der Waals surface area (Å²) in [6.07, 6.45) is 1.71. The minimum absolute atomic E-state index is 0.229. The Kier molecular flexibility index (Phi) is 5.69. The van der Waals surface area contributed by atoms with Crippen LogP contribution in [0.4, 0.5) is 11.6 Å². The Morgan fingerprint density at radius 2 is 1.35 bits per heavy atom. The summed E-state index contributed by atoms with van der Waals surface area (Å²) in [5.74, 6) is 1.44. The van der Waals surface area contributed by atoms with Gasteiger partial charge in [0, 0.05) is 12.3 Å². The van der Waals surface area contributed by atoms with Gasteiger partial charge in [-0.05, 0) is 66.6 Å². The number of pyridine rings is 1. The molecule has 0 aliphatic heterocycles. The number of benzene rings is 3. The van der Waals surface area contributed by atoms with Gasteiger partial charge in [-0.25, -0.2) is 18.1 Å². The molecule has 7 heteroatoms. The van der Waals surface area contributed by atoms with E-state index in [4.69, 9.17) is 0 Å². The van der Waals surface area contributed by atoms with Gasteiger partial charge in [-0.3, -0.25) is 0 Å². The molecule has 0 unspecified atom stereocenters. The van der Waals surface area contributed by atoms with Crippen molar-refractivity contribution in [2.24, 2.45) is 0 Å². The van der Waals surface area contributed by atoms with E-state index in [1.807, 2.05) is 73.7 Å². The van der Waals surface area contributed by atoms with Crippen LogP contribution in [0.25, 0.3) is 16.8 Å². The number of hydrogen-bond donors (Lipinski definition) is 1.